The van der Waals surface area contributed by atoms with Crippen LogP contribution in [0.1, 0.15) is 0 Å². The number of hydrogen-bond acceptors (Lipinski definition) is 0. The number of hydrogen-bond donors (Lipinski definition) is 0. The molecule has 0 N–H and O–H groups in total. The Hall–Kier alpha value is 2.36. The fourth-order valence-electron chi connectivity index (χ4n) is 0. The molecule has 4 heavy (non-hydrogen) atoms. The Kier molecular flexibility index (Phi) is 150. The van der Waals surface area contributed by atoms with E-state index in [1.807, 2.05) is 0 Å². The maximum atomic E-state index is 0. The zero-order valence-corrected chi connectivity index (χ0v) is 7.68. The van der Waals surface area contributed by atoms with Gasteiger partial charge in [0.1, 0.15) is 0 Å². The van der Waals surface area contributed by atoms with Crippen LogP contribution in [0.4, 0.5) is 0 Å². The van der Waals surface area contributed by atoms with Gasteiger partial charge >= 0.3 is 65.2 Å². The fraction of sp³-hybridized carbons (Fsp3) is 0. The molecule has 0 bridgehead atoms. The average molecular weight is 172 g/mol. The summed E-state index contributed by atoms with van der Waals surface area (Å²) in [4.78, 5) is 0. The van der Waals surface area contributed by atoms with Gasteiger partial charge in [0, 0.05) is 11.0 Å². The molecule has 0 heterocycles. The van der Waals surface area contributed by atoms with Crippen LogP contribution in [0.25, 0.3) is 0 Å². The molecule has 4 radical (unpaired) electrons. The third kappa shape index (κ3) is 8.84. The molecule has 0 saturated heterocycles. The zero-order valence-electron chi connectivity index (χ0n) is 2.00. The maximum absolute atomic E-state index is 0. The second-order valence-corrected chi connectivity index (χ2v) is 0. The first-order valence-electron chi connectivity index (χ1n) is 0. The fourth-order valence-corrected chi connectivity index (χ4v) is 0. The van der Waals surface area contributed by atoms with Gasteiger partial charge in [-0.05, 0) is 0 Å². The molecule has 0 aliphatic carbocycles. The van der Waals surface area contributed by atoms with Crippen molar-refractivity contribution in [2.45, 2.75) is 0 Å². The van der Waals surface area contributed by atoms with Crippen LogP contribution in [-0.2, 0) is 65.2 Å². The molecule has 0 atom stereocenters. The van der Waals surface area contributed by atoms with E-state index in [4.69, 9.17) is 0 Å². The molecule has 0 unspecified atom stereocenters. The van der Waals surface area contributed by atoms with Crippen molar-refractivity contribution in [1.29, 1.82) is 0 Å². The minimum absolute atomic E-state index is 0. The molecule has 0 aromatic carbocycles. The van der Waals surface area contributed by atoms with Crippen LogP contribution in [0.3, 0.4) is 0 Å². The minimum Gasteiger partial charge on any atom is 0 e. The van der Waals surface area contributed by atoms with Crippen LogP contribution < -0.4 is 0 Å². The van der Waals surface area contributed by atoms with Crippen LogP contribution in [0.5, 0.6) is 0 Å². The molecule has 0 aromatic rings. The molecule has 0 spiro atoms. The predicted molar refractivity (Wildman–Crippen MR) is 5.75 cm³/mol. The number of rotatable bonds is 0. The van der Waals surface area contributed by atoms with Crippen molar-refractivity contribution >= 4 is 11.0 Å². The van der Waals surface area contributed by atoms with Gasteiger partial charge in [-0.3, -0.25) is 0 Å². The van der Waals surface area contributed by atoms with Gasteiger partial charge < -0.3 is 0 Å². The van der Waals surface area contributed by atoms with Crippen LogP contribution in [0.15, 0.2) is 0 Å². The van der Waals surface area contributed by atoms with E-state index in [1.165, 1.54) is 0 Å². The largest absolute Gasteiger partial charge is 2.00 e. The molecule has 0 aromatic heterocycles. The van der Waals surface area contributed by atoms with Crippen LogP contribution in [0, 0.1) is 0 Å². The SMILES string of the molecule is [Si].[Ti+2].[Ti+2].[Ti+2]. The summed E-state index contributed by atoms with van der Waals surface area (Å²) in [6.45, 7) is 0. The predicted octanol–water partition coefficient (Wildman–Crippen LogP) is -0.388. The van der Waals surface area contributed by atoms with E-state index in [0.717, 1.165) is 0 Å². The second kappa shape index (κ2) is 18.3. The summed E-state index contributed by atoms with van der Waals surface area (Å²) < 4.78 is 0. The van der Waals surface area contributed by atoms with Crippen molar-refractivity contribution in [2.24, 2.45) is 0 Å². The molecule has 0 rings (SSSR count). The summed E-state index contributed by atoms with van der Waals surface area (Å²) in [7, 11) is 0. The third-order valence-electron chi connectivity index (χ3n) is 0. The van der Waals surface area contributed by atoms with Gasteiger partial charge in [0.2, 0.25) is 0 Å². The van der Waals surface area contributed by atoms with Crippen LogP contribution >= 0.6 is 0 Å². The quantitative estimate of drug-likeness (QED) is 0.436. The van der Waals surface area contributed by atoms with Gasteiger partial charge in [-0.15, -0.1) is 0 Å². The van der Waals surface area contributed by atoms with E-state index >= 15 is 0 Å². The van der Waals surface area contributed by atoms with E-state index < -0.39 is 0 Å². The van der Waals surface area contributed by atoms with Crippen molar-refractivity contribution in [3.63, 3.8) is 0 Å². The Morgan fingerprint density at radius 1 is 0.500 bits per heavy atom. The van der Waals surface area contributed by atoms with Gasteiger partial charge in [0.15, 0.2) is 0 Å². The Morgan fingerprint density at radius 2 is 0.500 bits per heavy atom. The van der Waals surface area contributed by atoms with Gasteiger partial charge in [0.25, 0.3) is 0 Å². The van der Waals surface area contributed by atoms with E-state index in [9.17, 15) is 0 Å². The normalized spacial score (nSPS) is 0. The maximum Gasteiger partial charge on any atom is 2.00 e. The molecule has 0 aliphatic heterocycles. The summed E-state index contributed by atoms with van der Waals surface area (Å²) in [5, 5.41) is 0. The van der Waals surface area contributed by atoms with Crippen molar-refractivity contribution in [2.75, 3.05) is 0 Å². The topological polar surface area (TPSA) is 0 Å². The summed E-state index contributed by atoms with van der Waals surface area (Å²) in [5.74, 6) is 0. The Bertz CT molecular complexity index is 3.25. The molecule has 0 amide bonds. The van der Waals surface area contributed by atoms with Crippen molar-refractivity contribution in [1.82, 2.24) is 0 Å². The van der Waals surface area contributed by atoms with Crippen molar-refractivity contribution in [3.8, 4) is 0 Å². The van der Waals surface area contributed by atoms with E-state index in [-0.39, 0.29) is 76.1 Å². The zero-order chi connectivity index (χ0) is 0. The molecule has 0 fully saturated rings. The standard InChI is InChI=1S/Si.3Ti/q;3*+2. The Labute approximate surface area is 75.2 Å². The van der Waals surface area contributed by atoms with E-state index in [2.05, 4.69) is 0 Å². The Balaban J connectivity index is 0. The van der Waals surface area contributed by atoms with Gasteiger partial charge in [0.05, 0.1) is 0 Å². The second-order valence-electron chi connectivity index (χ2n) is 0. The molecular formula is SiTi3+6. The van der Waals surface area contributed by atoms with Crippen molar-refractivity contribution in [3.05, 3.63) is 0 Å². The first-order chi connectivity index (χ1) is 0. The molecular weight excluding hydrogens is 172 g/mol. The van der Waals surface area contributed by atoms with Gasteiger partial charge in [-0.2, -0.15) is 0 Å². The van der Waals surface area contributed by atoms with Gasteiger partial charge in [-0.25, -0.2) is 0 Å². The first-order valence-corrected chi connectivity index (χ1v) is 0. The molecule has 0 saturated carbocycles. The average Bonchev–Trinajstić information content (AvgIpc) is 0. The minimum atomic E-state index is 0. The molecule has 0 aliphatic rings. The molecule has 0 nitrogen and oxygen atoms in total. The molecule has 10 valence electrons. The Morgan fingerprint density at radius 3 is 0.500 bits per heavy atom. The van der Waals surface area contributed by atoms with E-state index in [1.54, 1.807) is 0 Å². The smallest absolute Gasteiger partial charge is 0 e. The summed E-state index contributed by atoms with van der Waals surface area (Å²) in [5.41, 5.74) is 0. The van der Waals surface area contributed by atoms with E-state index in [0.29, 0.717) is 0 Å². The third-order valence-corrected chi connectivity index (χ3v) is 0. The summed E-state index contributed by atoms with van der Waals surface area (Å²) >= 11 is 0. The molecule has 4 heteroatoms. The summed E-state index contributed by atoms with van der Waals surface area (Å²) in [6.07, 6.45) is 0. The van der Waals surface area contributed by atoms with Crippen LogP contribution in [0.2, 0.25) is 0 Å². The summed E-state index contributed by atoms with van der Waals surface area (Å²) in [6, 6.07) is 0. The first kappa shape index (κ1) is 32.8. The van der Waals surface area contributed by atoms with Crippen molar-refractivity contribution < 1.29 is 65.2 Å². The van der Waals surface area contributed by atoms with Crippen LogP contribution in [-0.4, -0.2) is 11.0 Å². The van der Waals surface area contributed by atoms with Gasteiger partial charge in [-0.1, -0.05) is 0 Å². The monoisotopic (exact) mass is 172 g/mol.